The van der Waals surface area contributed by atoms with E-state index in [1.165, 1.54) is 11.9 Å². The van der Waals surface area contributed by atoms with Crippen molar-refractivity contribution in [1.82, 2.24) is 10.2 Å². The van der Waals surface area contributed by atoms with E-state index in [1.807, 2.05) is 0 Å². The Morgan fingerprint density at radius 2 is 1.88 bits per heavy atom. The lowest BCUT2D eigenvalue weighted by Gasteiger charge is -2.28. The number of benzene rings is 1. The largest absolute Gasteiger partial charge is 0.497 e. The number of aliphatic carboxylic acids is 1. The minimum Gasteiger partial charge on any atom is -0.497 e. The monoisotopic (exact) mass is 353 g/mol. The van der Waals surface area contributed by atoms with Crippen LogP contribution in [0.5, 0.6) is 5.75 Å². The molecule has 0 heterocycles. The number of rotatable bonds is 7. The summed E-state index contributed by atoms with van der Waals surface area (Å²) >= 11 is 5.13. The van der Waals surface area contributed by atoms with Gasteiger partial charge in [0.15, 0.2) is 5.11 Å². The third-order valence-corrected chi connectivity index (χ3v) is 3.69. The first-order valence-corrected chi connectivity index (χ1v) is 7.84. The second-order valence-corrected chi connectivity index (χ2v) is 5.98. The molecule has 3 N–H and O–H groups in total. The van der Waals surface area contributed by atoms with E-state index in [2.05, 4.69) is 10.6 Å². The highest BCUT2D eigenvalue weighted by molar-refractivity contribution is 7.80. The Bertz CT molecular complexity index is 589. The molecular formula is C16H23N3O4S. The standard InChI is InChI=1S/C16H23N3O4S/c1-10(2)14(15(21)22)19(3)13(20)9-17-16(24)18-11-5-7-12(23-4)8-6-11/h5-8,10,14H,9H2,1-4H3,(H,21,22)(H2,17,18,24)/t14-/m0/s1. The Kier molecular flexibility index (Phi) is 7.44. The average Bonchev–Trinajstić information content (AvgIpc) is 2.52. The van der Waals surface area contributed by atoms with E-state index in [0.717, 1.165) is 11.4 Å². The third-order valence-electron chi connectivity index (χ3n) is 3.44. The molecule has 8 heteroatoms. The van der Waals surface area contributed by atoms with Gasteiger partial charge >= 0.3 is 5.97 Å². The van der Waals surface area contributed by atoms with Crippen LogP contribution >= 0.6 is 12.2 Å². The molecule has 132 valence electrons. The van der Waals surface area contributed by atoms with Crippen LogP contribution in [0.15, 0.2) is 24.3 Å². The minimum absolute atomic E-state index is 0.0883. The Hall–Kier alpha value is -2.35. The fourth-order valence-electron chi connectivity index (χ4n) is 2.18. The molecule has 1 aromatic carbocycles. The van der Waals surface area contributed by atoms with Crippen molar-refractivity contribution in [2.24, 2.45) is 5.92 Å². The zero-order valence-electron chi connectivity index (χ0n) is 14.2. The molecule has 0 bridgehead atoms. The summed E-state index contributed by atoms with van der Waals surface area (Å²) in [4.78, 5) is 24.6. The Morgan fingerprint density at radius 1 is 1.29 bits per heavy atom. The van der Waals surface area contributed by atoms with Crippen molar-refractivity contribution in [2.75, 3.05) is 26.0 Å². The van der Waals surface area contributed by atoms with Crippen LogP contribution in [0.25, 0.3) is 0 Å². The van der Waals surface area contributed by atoms with Crippen LogP contribution in [0.4, 0.5) is 5.69 Å². The van der Waals surface area contributed by atoms with Crippen LogP contribution in [0, 0.1) is 5.92 Å². The van der Waals surface area contributed by atoms with E-state index in [-0.39, 0.29) is 23.5 Å². The number of carboxylic acids is 1. The number of likely N-dealkylation sites (N-methyl/N-ethyl adjacent to an activating group) is 1. The second kappa shape index (κ2) is 9.07. The maximum absolute atomic E-state index is 12.1. The third kappa shape index (κ3) is 5.69. The van der Waals surface area contributed by atoms with E-state index >= 15 is 0 Å². The second-order valence-electron chi connectivity index (χ2n) is 5.57. The maximum Gasteiger partial charge on any atom is 0.326 e. The molecule has 0 aliphatic rings. The highest BCUT2D eigenvalue weighted by Crippen LogP contribution is 2.14. The molecular weight excluding hydrogens is 330 g/mol. The minimum atomic E-state index is -1.03. The van der Waals surface area contributed by atoms with Gasteiger partial charge in [0.2, 0.25) is 5.91 Å². The summed E-state index contributed by atoms with van der Waals surface area (Å²) in [6, 6.07) is 6.27. The van der Waals surface area contributed by atoms with Gasteiger partial charge in [-0.15, -0.1) is 0 Å². The number of carbonyl (C=O) groups excluding carboxylic acids is 1. The molecule has 0 aliphatic heterocycles. The molecule has 1 atom stereocenters. The van der Waals surface area contributed by atoms with Crippen LogP contribution < -0.4 is 15.4 Å². The lowest BCUT2D eigenvalue weighted by molar-refractivity contribution is -0.150. The first-order chi connectivity index (χ1) is 11.3. The Balaban J connectivity index is 2.53. The number of amides is 1. The molecule has 24 heavy (non-hydrogen) atoms. The predicted octanol–water partition coefficient (Wildman–Crippen LogP) is 1.55. The van der Waals surface area contributed by atoms with Crippen molar-refractivity contribution in [3.8, 4) is 5.75 Å². The summed E-state index contributed by atoms with van der Waals surface area (Å²) in [6.45, 7) is 3.42. The van der Waals surface area contributed by atoms with E-state index in [4.69, 9.17) is 17.0 Å². The summed E-state index contributed by atoms with van der Waals surface area (Å²) in [5.41, 5.74) is 0.750. The van der Waals surface area contributed by atoms with Crippen LogP contribution in [0.2, 0.25) is 0 Å². The predicted molar refractivity (Wildman–Crippen MR) is 96.2 cm³/mol. The van der Waals surface area contributed by atoms with Gasteiger partial charge < -0.3 is 25.4 Å². The van der Waals surface area contributed by atoms with Crippen molar-refractivity contribution in [3.63, 3.8) is 0 Å². The molecule has 0 saturated heterocycles. The zero-order valence-corrected chi connectivity index (χ0v) is 15.0. The summed E-state index contributed by atoms with van der Waals surface area (Å²) in [7, 11) is 3.06. The van der Waals surface area contributed by atoms with Gasteiger partial charge in [0.25, 0.3) is 0 Å². The number of hydrogen-bond acceptors (Lipinski definition) is 4. The van der Waals surface area contributed by atoms with Crippen molar-refractivity contribution in [1.29, 1.82) is 0 Å². The number of anilines is 1. The summed E-state index contributed by atoms with van der Waals surface area (Å²) < 4.78 is 5.07. The van der Waals surface area contributed by atoms with Crippen molar-refractivity contribution in [3.05, 3.63) is 24.3 Å². The molecule has 0 aromatic heterocycles. The van der Waals surface area contributed by atoms with Gasteiger partial charge in [-0.25, -0.2) is 4.79 Å². The van der Waals surface area contributed by atoms with Crippen LogP contribution in [-0.2, 0) is 9.59 Å². The molecule has 0 radical (unpaired) electrons. The molecule has 0 spiro atoms. The lowest BCUT2D eigenvalue weighted by atomic mass is 10.0. The summed E-state index contributed by atoms with van der Waals surface area (Å²) in [5.74, 6) is -0.847. The molecule has 0 unspecified atom stereocenters. The molecule has 0 aliphatic carbocycles. The van der Waals surface area contributed by atoms with Crippen molar-refractivity contribution < 1.29 is 19.4 Å². The van der Waals surface area contributed by atoms with Gasteiger partial charge in [-0.2, -0.15) is 0 Å². The Morgan fingerprint density at radius 3 is 2.33 bits per heavy atom. The first-order valence-electron chi connectivity index (χ1n) is 7.43. The summed E-state index contributed by atoms with van der Waals surface area (Å²) in [5, 5.41) is 15.2. The van der Waals surface area contributed by atoms with E-state index < -0.39 is 12.0 Å². The van der Waals surface area contributed by atoms with Gasteiger partial charge in [-0.05, 0) is 42.4 Å². The molecule has 1 aromatic rings. The number of thiocarbonyl (C=S) groups is 1. The number of hydrogen-bond donors (Lipinski definition) is 3. The van der Waals surface area contributed by atoms with Crippen LogP contribution in [0.1, 0.15) is 13.8 Å². The first kappa shape index (κ1) is 19.7. The SMILES string of the molecule is COc1ccc(NC(=S)NCC(=O)N(C)[C@H](C(=O)O)C(C)C)cc1. The maximum atomic E-state index is 12.1. The van der Waals surface area contributed by atoms with E-state index in [1.54, 1.807) is 45.2 Å². The van der Waals surface area contributed by atoms with Crippen molar-refractivity contribution >= 4 is 34.9 Å². The lowest BCUT2D eigenvalue weighted by Crippen LogP contribution is -2.49. The number of ether oxygens (including phenoxy) is 1. The number of nitrogens with one attached hydrogen (secondary N) is 2. The van der Waals surface area contributed by atoms with Crippen LogP contribution in [0.3, 0.4) is 0 Å². The fourth-order valence-corrected chi connectivity index (χ4v) is 2.37. The molecule has 0 saturated carbocycles. The van der Waals surface area contributed by atoms with Crippen LogP contribution in [-0.4, -0.2) is 53.7 Å². The molecule has 1 rings (SSSR count). The highest BCUT2D eigenvalue weighted by Gasteiger charge is 2.29. The molecule has 7 nitrogen and oxygen atoms in total. The molecule has 0 fully saturated rings. The molecule has 1 amide bonds. The number of carbonyl (C=O) groups is 2. The Labute approximate surface area is 147 Å². The van der Waals surface area contributed by atoms with Gasteiger partial charge in [0.1, 0.15) is 11.8 Å². The summed E-state index contributed by atoms with van der Waals surface area (Å²) in [6.07, 6.45) is 0. The van der Waals surface area contributed by atoms with Gasteiger partial charge in [-0.3, -0.25) is 4.79 Å². The van der Waals surface area contributed by atoms with Gasteiger partial charge in [0.05, 0.1) is 13.7 Å². The topological polar surface area (TPSA) is 90.9 Å². The van der Waals surface area contributed by atoms with E-state index in [9.17, 15) is 14.7 Å². The van der Waals surface area contributed by atoms with Gasteiger partial charge in [0, 0.05) is 12.7 Å². The normalized spacial score (nSPS) is 11.5. The quantitative estimate of drug-likeness (QED) is 0.641. The van der Waals surface area contributed by atoms with E-state index in [0.29, 0.717) is 0 Å². The number of methoxy groups -OCH3 is 1. The smallest absolute Gasteiger partial charge is 0.326 e. The van der Waals surface area contributed by atoms with Crippen molar-refractivity contribution in [2.45, 2.75) is 19.9 Å². The number of nitrogens with zero attached hydrogens (tertiary/aromatic N) is 1. The number of carboxylic acid groups (broad SMARTS) is 1. The average molecular weight is 353 g/mol. The zero-order chi connectivity index (χ0) is 18.3. The van der Waals surface area contributed by atoms with Gasteiger partial charge in [-0.1, -0.05) is 13.8 Å². The fraction of sp³-hybridized carbons (Fsp3) is 0.438. The highest BCUT2D eigenvalue weighted by atomic mass is 32.1.